The van der Waals surface area contributed by atoms with Crippen LogP contribution < -0.4 is 4.90 Å². The number of carbonyl (C=O) groups is 1. The zero-order valence-electron chi connectivity index (χ0n) is 12.4. The van der Waals surface area contributed by atoms with Crippen molar-refractivity contribution in [1.82, 2.24) is 0 Å². The normalized spacial score (nSPS) is 11.7. The topological polar surface area (TPSA) is 67.6 Å². The van der Waals surface area contributed by atoms with Crippen LogP contribution in [0.15, 0.2) is 45.9 Å². The lowest BCUT2D eigenvalue weighted by Gasteiger charge is -2.26. The number of anilines is 1. The van der Waals surface area contributed by atoms with Gasteiger partial charge in [0.15, 0.2) is 5.76 Å². The second-order valence-corrected chi connectivity index (χ2v) is 7.52. The van der Waals surface area contributed by atoms with Gasteiger partial charge in [0.2, 0.25) is 14.9 Å². The molecule has 2 rings (SSSR count). The summed E-state index contributed by atoms with van der Waals surface area (Å²) < 4.78 is 28.1. The van der Waals surface area contributed by atoms with Gasteiger partial charge >= 0.3 is 0 Å². The van der Waals surface area contributed by atoms with Crippen molar-refractivity contribution in [2.45, 2.75) is 25.0 Å². The summed E-state index contributed by atoms with van der Waals surface area (Å²) in [5, 5.41) is 0.341. The molecule has 22 heavy (non-hydrogen) atoms. The molecule has 1 aromatic heterocycles. The van der Waals surface area contributed by atoms with Crippen LogP contribution in [-0.2, 0) is 9.84 Å². The van der Waals surface area contributed by atoms with Gasteiger partial charge in [-0.1, -0.05) is 11.6 Å². The highest BCUT2D eigenvalue weighted by molar-refractivity contribution is 7.90. The van der Waals surface area contributed by atoms with Crippen molar-refractivity contribution in [3.05, 3.63) is 47.2 Å². The quantitative estimate of drug-likeness (QED) is 0.854. The van der Waals surface area contributed by atoms with E-state index < -0.39 is 15.7 Å². The maximum Gasteiger partial charge on any atom is 0.294 e. The largest absolute Gasteiger partial charge is 0.440 e. The van der Waals surface area contributed by atoms with Gasteiger partial charge in [-0.25, -0.2) is 8.42 Å². The van der Waals surface area contributed by atoms with E-state index in [0.717, 1.165) is 6.26 Å². The molecule has 0 saturated carbocycles. The minimum atomic E-state index is -3.49. The van der Waals surface area contributed by atoms with Crippen LogP contribution in [0.3, 0.4) is 0 Å². The molecule has 0 aliphatic rings. The minimum Gasteiger partial charge on any atom is -0.440 e. The van der Waals surface area contributed by atoms with Gasteiger partial charge in [-0.3, -0.25) is 4.79 Å². The number of amides is 1. The summed E-state index contributed by atoms with van der Waals surface area (Å²) in [6.45, 7) is 3.71. The number of carbonyl (C=O) groups excluding carboxylic acids is 1. The van der Waals surface area contributed by atoms with Gasteiger partial charge in [-0.15, -0.1) is 0 Å². The SMILES string of the molecule is CC(C)N(C(=O)c1ccc(S(C)(=O)=O)o1)c1ccc(Cl)cc1. The van der Waals surface area contributed by atoms with Crippen LogP contribution in [0, 0.1) is 0 Å². The smallest absolute Gasteiger partial charge is 0.294 e. The highest BCUT2D eigenvalue weighted by Gasteiger charge is 2.25. The summed E-state index contributed by atoms with van der Waals surface area (Å²) in [7, 11) is -3.49. The number of furan rings is 1. The number of nitrogens with zero attached hydrogens (tertiary/aromatic N) is 1. The van der Waals surface area contributed by atoms with Crippen LogP contribution in [-0.4, -0.2) is 26.6 Å². The van der Waals surface area contributed by atoms with Crippen LogP contribution in [0.25, 0.3) is 0 Å². The third-order valence-electron chi connectivity index (χ3n) is 3.00. The second-order valence-electron chi connectivity index (χ2n) is 5.14. The fourth-order valence-corrected chi connectivity index (χ4v) is 2.69. The van der Waals surface area contributed by atoms with Crippen LogP contribution in [0.4, 0.5) is 5.69 Å². The Kier molecular flexibility index (Phi) is 4.63. The number of hydrogen-bond acceptors (Lipinski definition) is 4. The molecule has 1 heterocycles. The molecule has 5 nitrogen and oxygen atoms in total. The molecule has 0 bridgehead atoms. The van der Waals surface area contributed by atoms with Crippen LogP contribution in [0.5, 0.6) is 0 Å². The zero-order chi connectivity index (χ0) is 16.5. The van der Waals surface area contributed by atoms with Gasteiger partial charge in [-0.05, 0) is 50.2 Å². The summed E-state index contributed by atoms with van der Waals surface area (Å²) in [5.41, 5.74) is 0.654. The molecule has 0 fully saturated rings. The maximum absolute atomic E-state index is 12.6. The first-order chi connectivity index (χ1) is 10.2. The fourth-order valence-electron chi connectivity index (χ4n) is 2.00. The first-order valence-electron chi connectivity index (χ1n) is 6.59. The molecule has 0 N–H and O–H groups in total. The van der Waals surface area contributed by atoms with E-state index in [1.54, 1.807) is 24.3 Å². The highest BCUT2D eigenvalue weighted by atomic mass is 35.5. The molecule has 0 saturated heterocycles. The molecule has 0 atom stereocenters. The molecule has 0 aliphatic carbocycles. The van der Waals surface area contributed by atoms with Gasteiger partial charge in [0, 0.05) is 23.0 Å². The molecule has 1 aromatic carbocycles. The molecular weight excluding hydrogens is 326 g/mol. The van der Waals surface area contributed by atoms with E-state index in [4.69, 9.17) is 16.0 Å². The summed E-state index contributed by atoms with van der Waals surface area (Å²) in [6, 6.07) is 9.32. The van der Waals surface area contributed by atoms with E-state index in [9.17, 15) is 13.2 Å². The monoisotopic (exact) mass is 341 g/mol. The molecule has 0 radical (unpaired) electrons. The Morgan fingerprint density at radius 3 is 2.18 bits per heavy atom. The lowest BCUT2D eigenvalue weighted by molar-refractivity contribution is 0.0948. The van der Waals surface area contributed by atoms with E-state index in [1.165, 1.54) is 17.0 Å². The average molecular weight is 342 g/mol. The van der Waals surface area contributed by atoms with Crippen molar-refractivity contribution in [2.24, 2.45) is 0 Å². The van der Waals surface area contributed by atoms with Crippen molar-refractivity contribution in [1.29, 1.82) is 0 Å². The van der Waals surface area contributed by atoms with E-state index >= 15 is 0 Å². The third kappa shape index (κ3) is 3.51. The van der Waals surface area contributed by atoms with E-state index in [1.807, 2.05) is 13.8 Å². The Balaban J connectivity index is 2.39. The Hall–Kier alpha value is -1.79. The molecule has 0 unspecified atom stereocenters. The Labute approximate surface area is 134 Å². The molecule has 7 heteroatoms. The molecule has 0 spiro atoms. The van der Waals surface area contributed by atoms with E-state index in [2.05, 4.69) is 0 Å². The number of hydrogen-bond donors (Lipinski definition) is 0. The lowest BCUT2D eigenvalue weighted by atomic mass is 10.2. The predicted molar refractivity (Wildman–Crippen MR) is 85.2 cm³/mol. The number of sulfone groups is 1. The first kappa shape index (κ1) is 16.6. The second kappa shape index (κ2) is 6.14. The van der Waals surface area contributed by atoms with Gasteiger partial charge in [0.05, 0.1) is 0 Å². The Bertz CT molecular complexity index is 778. The van der Waals surface area contributed by atoms with Gasteiger partial charge < -0.3 is 9.32 Å². The van der Waals surface area contributed by atoms with Gasteiger partial charge in [0.1, 0.15) is 0 Å². The summed E-state index contributed by atoms with van der Waals surface area (Å²) in [6.07, 6.45) is 1.03. The van der Waals surface area contributed by atoms with E-state index in [-0.39, 0.29) is 16.9 Å². The zero-order valence-corrected chi connectivity index (χ0v) is 14.0. The summed E-state index contributed by atoms with van der Waals surface area (Å²) >= 11 is 5.86. The lowest BCUT2D eigenvalue weighted by Crippen LogP contribution is -2.36. The van der Waals surface area contributed by atoms with Gasteiger partial charge in [0.25, 0.3) is 5.91 Å². The third-order valence-corrected chi connectivity index (χ3v) is 4.20. The first-order valence-corrected chi connectivity index (χ1v) is 8.86. The van der Waals surface area contributed by atoms with Crippen molar-refractivity contribution in [3.8, 4) is 0 Å². The Morgan fingerprint density at radius 1 is 1.14 bits per heavy atom. The standard InChI is InChI=1S/C15H16ClNO4S/c1-10(2)17(12-6-4-11(16)5-7-12)15(18)13-8-9-14(21-13)22(3,19)20/h4-10H,1-3H3. The van der Waals surface area contributed by atoms with E-state index in [0.29, 0.717) is 10.7 Å². The fraction of sp³-hybridized carbons (Fsp3) is 0.267. The maximum atomic E-state index is 12.6. The number of benzene rings is 1. The van der Waals surface area contributed by atoms with Crippen molar-refractivity contribution in [3.63, 3.8) is 0 Å². The van der Waals surface area contributed by atoms with Crippen LogP contribution in [0.1, 0.15) is 24.4 Å². The predicted octanol–water partition coefficient (Wildman–Crippen LogP) is 3.39. The van der Waals surface area contributed by atoms with Crippen molar-refractivity contribution in [2.75, 3.05) is 11.2 Å². The molecule has 118 valence electrons. The Morgan fingerprint density at radius 2 is 1.73 bits per heavy atom. The average Bonchev–Trinajstić information content (AvgIpc) is 2.90. The number of halogens is 1. The molecule has 2 aromatic rings. The minimum absolute atomic E-state index is 0.0240. The molecule has 0 aliphatic heterocycles. The molecular formula is C15H16ClNO4S. The molecule has 1 amide bonds. The summed E-state index contributed by atoms with van der Waals surface area (Å²) in [4.78, 5) is 14.1. The van der Waals surface area contributed by atoms with Crippen LogP contribution in [0.2, 0.25) is 5.02 Å². The van der Waals surface area contributed by atoms with Crippen molar-refractivity contribution >= 4 is 33.0 Å². The van der Waals surface area contributed by atoms with Crippen molar-refractivity contribution < 1.29 is 17.6 Å². The van der Waals surface area contributed by atoms with Crippen LogP contribution >= 0.6 is 11.6 Å². The highest BCUT2D eigenvalue weighted by Crippen LogP contribution is 2.24. The van der Waals surface area contributed by atoms with Gasteiger partial charge in [-0.2, -0.15) is 0 Å². The number of rotatable bonds is 4. The summed E-state index contributed by atoms with van der Waals surface area (Å²) in [5.74, 6) is -0.434.